The molecule has 2 aromatic rings. The summed E-state index contributed by atoms with van der Waals surface area (Å²) in [6.07, 6.45) is 1.80. The van der Waals surface area contributed by atoms with Crippen LogP contribution in [-0.2, 0) is 25.4 Å². The SMILES string of the molecule is C[C@@H]1CN(CCCC2CCC(N3C(S)N(c4ccc(C#N)c(C(F)(F)F)c4)C(=O)C3(C)C)CC2)C[C@H](C)N1CC(=O)Nc1cccc(NC2CCC(=O)NC2=O)c1.Cl. The molecule has 0 spiro atoms. The van der Waals surface area contributed by atoms with E-state index in [0.717, 1.165) is 70.3 Å². The number of hydrogen-bond acceptors (Lipinski definition) is 10. The van der Waals surface area contributed by atoms with Gasteiger partial charge in [0.05, 0.1) is 29.3 Å². The van der Waals surface area contributed by atoms with E-state index in [-0.39, 0.29) is 72.8 Å². The van der Waals surface area contributed by atoms with Crippen LogP contribution >= 0.6 is 25.0 Å². The van der Waals surface area contributed by atoms with Crippen LogP contribution in [0.4, 0.5) is 30.2 Å². The van der Waals surface area contributed by atoms with Crippen LogP contribution in [0.25, 0.3) is 0 Å². The van der Waals surface area contributed by atoms with E-state index < -0.39 is 34.4 Å². The molecule has 1 saturated carbocycles. The fraction of sp³-hybridized carbons (Fsp3) is 0.585. The molecule has 2 unspecified atom stereocenters. The summed E-state index contributed by atoms with van der Waals surface area (Å²) in [6.45, 7) is 10.9. The fourth-order valence-corrected chi connectivity index (χ4v) is 9.91. The van der Waals surface area contributed by atoms with Crippen molar-refractivity contribution < 1.29 is 32.3 Å². The maximum absolute atomic E-state index is 13.8. The van der Waals surface area contributed by atoms with Crippen molar-refractivity contribution in [3.05, 3.63) is 53.6 Å². The number of nitrogens with zero attached hydrogens (tertiary/aromatic N) is 5. The van der Waals surface area contributed by atoms with Crippen molar-refractivity contribution in [3.63, 3.8) is 0 Å². The Morgan fingerprint density at radius 3 is 2.31 bits per heavy atom. The number of hydrogen-bond donors (Lipinski definition) is 4. The molecule has 1 aliphatic carbocycles. The Morgan fingerprint density at radius 1 is 1.00 bits per heavy atom. The highest BCUT2D eigenvalue weighted by Gasteiger charge is 2.54. The van der Waals surface area contributed by atoms with Crippen molar-refractivity contribution in [2.24, 2.45) is 5.92 Å². The number of thiol groups is 1. The number of nitrogens with one attached hydrogen (secondary N) is 3. The van der Waals surface area contributed by atoms with Crippen LogP contribution in [0.5, 0.6) is 0 Å². The lowest BCUT2D eigenvalue weighted by Crippen LogP contribution is -2.58. The highest BCUT2D eigenvalue weighted by molar-refractivity contribution is 7.81. The third kappa shape index (κ3) is 10.1. The van der Waals surface area contributed by atoms with E-state index in [4.69, 9.17) is 12.6 Å². The number of halogens is 4. The van der Waals surface area contributed by atoms with Gasteiger partial charge in [0, 0.05) is 54.7 Å². The Balaban J connectivity index is 0.00000641. The number of rotatable bonds is 11. The minimum atomic E-state index is -4.73. The fourth-order valence-electron chi connectivity index (χ4n) is 9.19. The van der Waals surface area contributed by atoms with Gasteiger partial charge >= 0.3 is 6.18 Å². The first-order valence-corrected chi connectivity index (χ1v) is 20.4. The molecule has 3 heterocycles. The lowest BCUT2D eigenvalue weighted by Gasteiger charge is -2.44. The van der Waals surface area contributed by atoms with Gasteiger partial charge in [-0.2, -0.15) is 18.4 Å². The first-order valence-electron chi connectivity index (χ1n) is 19.9. The van der Waals surface area contributed by atoms with Crippen molar-refractivity contribution in [1.29, 1.82) is 5.26 Å². The normalized spacial score (nSPS) is 27.1. The second-order valence-electron chi connectivity index (χ2n) is 16.6. The maximum Gasteiger partial charge on any atom is 0.417 e. The Labute approximate surface area is 350 Å². The zero-order valence-corrected chi connectivity index (χ0v) is 35.1. The van der Waals surface area contributed by atoms with Gasteiger partial charge in [0.25, 0.3) is 0 Å². The van der Waals surface area contributed by atoms with Crippen LogP contribution in [0.3, 0.4) is 0 Å². The van der Waals surface area contributed by atoms with E-state index in [1.165, 1.54) is 11.0 Å². The molecule has 4 aliphatic rings. The predicted octanol–water partition coefficient (Wildman–Crippen LogP) is 6.23. The van der Waals surface area contributed by atoms with Crippen molar-refractivity contribution >= 4 is 65.7 Å². The predicted molar refractivity (Wildman–Crippen MR) is 222 cm³/mol. The van der Waals surface area contributed by atoms with Gasteiger partial charge in [0.2, 0.25) is 23.6 Å². The van der Waals surface area contributed by atoms with Crippen LogP contribution in [0.2, 0.25) is 0 Å². The van der Waals surface area contributed by atoms with Gasteiger partial charge in [-0.25, -0.2) is 0 Å². The van der Waals surface area contributed by atoms with Gasteiger partial charge in [-0.15, -0.1) is 25.0 Å². The molecule has 0 radical (unpaired) electrons. The summed E-state index contributed by atoms with van der Waals surface area (Å²) in [5, 5.41) is 17.7. The number of benzene rings is 2. The van der Waals surface area contributed by atoms with Crippen molar-refractivity contribution in [2.75, 3.05) is 41.7 Å². The van der Waals surface area contributed by atoms with Gasteiger partial charge in [-0.05, 0) is 122 Å². The highest BCUT2D eigenvalue weighted by atomic mass is 35.5. The second kappa shape index (κ2) is 18.6. The molecule has 0 bridgehead atoms. The smallest absolute Gasteiger partial charge is 0.374 e. The molecule has 12 nitrogen and oxygen atoms in total. The lowest BCUT2D eigenvalue weighted by molar-refractivity contribution is -0.138. The average molecular weight is 847 g/mol. The Hall–Kier alpha value is -3.88. The number of anilines is 3. The minimum absolute atomic E-state index is 0. The molecule has 3 saturated heterocycles. The molecule has 4 fully saturated rings. The second-order valence-corrected chi connectivity index (χ2v) is 17.0. The summed E-state index contributed by atoms with van der Waals surface area (Å²) in [6, 6.07) is 12.1. The quantitative estimate of drug-likeness (QED) is 0.153. The molecule has 4 amide bonds. The van der Waals surface area contributed by atoms with Crippen LogP contribution in [-0.4, -0.2) is 99.7 Å². The van der Waals surface area contributed by atoms with Crippen LogP contribution < -0.4 is 20.9 Å². The van der Waals surface area contributed by atoms with E-state index >= 15 is 0 Å². The van der Waals surface area contributed by atoms with E-state index in [1.807, 2.05) is 17.0 Å². The minimum Gasteiger partial charge on any atom is -0.374 e. The molecular weight excluding hydrogens is 793 g/mol. The van der Waals surface area contributed by atoms with E-state index in [2.05, 4.69) is 39.6 Å². The first-order chi connectivity index (χ1) is 27.0. The van der Waals surface area contributed by atoms with Gasteiger partial charge in [-0.1, -0.05) is 6.07 Å². The average Bonchev–Trinajstić information content (AvgIpc) is 3.32. The number of piperazine rings is 1. The molecular formula is C41H54ClF3N8O4S. The number of imide groups is 1. The third-order valence-electron chi connectivity index (χ3n) is 12.1. The largest absolute Gasteiger partial charge is 0.417 e. The zero-order chi connectivity index (χ0) is 41.2. The summed E-state index contributed by atoms with van der Waals surface area (Å²) >= 11 is 4.79. The maximum atomic E-state index is 13.8. The topological polar surface area (TPSA) is 141 Å². The first kappa shape index (κ1) is 45.2. The molecule has 316 valence electrons. The number of carbonyl (C=O) groups is 4. The number of amides is 4. The van der Waals surface area contributed by atoms with Crippen molar-refractivity contribution in [2.45, 2.75) is 120 Å². The van der Waals surface area contributed by atoms with Crippen LogP contribution in [0.1, 0.15) is 90.2 Å². The van der Waals surface area contributed by atoms with Gasteiger partial charge in [0.1, 0.15) is 11.5 Å². The Bertz CT molecular complexity index is 1880. The Morgan fingerprint density at radius 2 is 1.67 bits per heavy atom. The lowest BCUT2D eigenvalue weighted by atomic mass is 9.81. The van der Waals surface area contributed by atoms with Crippen LogP contribution in [0, 0.1) is 17.2 Å². The summed E-state index contributed by atoms with van der Waals surface area (Å²) < 4.78 is 41.3. The number of alkyl halides is 3. The molecule has 58 heavy (non-hydrogen) atoms. The van der Waals surface area contributed by atoms with Crippen LogP contribution in [0.15, 0.2) is 42.5 Å². The van der Waals surface area contributed by atoms with E-state index in [9.17, 15) is 37.6 Å². The van der Waals surface area contributed by atoms with E-state index in [1.54, 1.807) is 32.0 Å². The number of piperidine rings is 1. The monoisotopic (exact) mass is 846 g/mol. The molecule has 3 N–H and O–H groups in total. The summed E-state index contributed by atoms with van der Waals surface area (Å²) in [7, 11) is 0. The molecule has 2 aromatic carbocycles. The van der Waals surface area contributed by atoms with Gasteiger partial charge < -0.3 is 15.5 Å². The number of nitriles is 1. The summed E-state index contributed by atoms with van der Waals surface area (Å²) in [5.41, 5.74) is -1.87. The molecule has 17 heteroatoms. The number of carbonyl (C=O) groups excluding carboxylic acids is 4. The zero-order valence-electron chi connectivity index (χ0n) is 33.3. The molecule has 6 rings (SSSR count). The molecule has 4 atom stereocenters. The third-order valence-corrected chi connectivity index (χ3v) is 12.6. The summed E-state index contributed by atoms with van der Waals surface area (Å²) in [5.74, 6) is -0.514. The standard InChI is InChI=1S/C41H53F3N8O4S.ClH/c1-25-22-49(23-26(2)50(25)24-36(54)47-30-9-5-8-29(19-30)46-34-16-17-35(53)48-37(34)55)18-6-7-27-10-13-31(14-11-27)52-39(57)51(38(56)40(52,3)4)32-15-12-28(21-45)33(20-32)41(42,43)44;/h5,8-9,12,15,19-20,25-27,31,34,39,46,57H,6-7,10-11,13-14,16-18,22-24H2,1-4H3,(H,47,54)(H,48,53,55);1H/t25-,26+,27?,31?,34?,39?;. The van der Waals surface area contributed by atoms with Crippen molar-refractivity contribution in [3.8, 4) is 6.07 Å². The molecule has 3 aliphatic heterocycles. The van der Waals surface area contributed by atoms with Gasteiger partial charge in [0.15, 0.2) is 0 Å². The van der Waals surface area contributed by atoms with Crippen molar-refractivity contribution in [1.82, 2.24) is 20.0 Å². The summed E-state index contributed by atoms with van der Waals surface area (Å²) in [4.78, 5) is 58.6. The Kier molecular flexibility index (Phi) is 14.5. The molecule has 0 aromatic heterocycles. The van der Waals surface area contributed by atoms with E-state index in [0.29, 0.717) is 23.7 Å². The highest BCUT2D eigenvalue weighted by Crippen LogP contribution is 2.44. The van der Waals surface area contributed by atoms with Gasteiger partial charge in [-0.3, -0.25) is 39.2 Å².